The number of amides is 1. The van der Waals surface area contributed by atoms with Crippen LogP contribution in [-0.2, 0) is 23.0 Å². The molecular formula is C19H21N5O4S. The smallest absolute Gasteiger partial charge is 0.341 e. The average molecular weight is 415 g/mol. The Bertz CT molecular complexity index is 996. The zero-order valence-corrected chi connectivity index (χ0v) is 17.2. The Morgan fingerprint density at radius 1 is 1.17 bits per heavy atom. The summed E-state index contributed by atoms with van der Waals surface area (Å²) in [5, 5.41) is 16.1. The third-order valence-electron chi connectivity index (χ3n) is 4.03. The highest BCUT2D eigenvalue weighted by atomic mass is 32.1. The van der Waals surface area contributed by atoms with Crippen LogP contribution in [0.5, 0.6) is 5.75 Å². The number of rotatable bonds is 8. The van der Waals surface area contributed by atoms with E-state index in [0.29, 0.717) is 28.6 Å². The van der Waals surface area contributed by atoms with E-state index in [0.717, 1.165) is 11.3 Å². The number of thiophene rings is 1. The number of hydrogen-bond acceptors (Lipinski definition) is 8. The second-order valence-electron chi connectivity index (χ2n) is 5.98. The van der Waals surface area contributed by atoms with E-state index in [1.54, 1.807) is 14.0 Å². The van der Waals surface area contributed by atoms with Gasteiger partial charge in [-0.05, 0) is 42.0 Å². The summed E-state index contributed by atoms with van der Waals surface area (Å²) in [6, 6.07) is 7.41. The van der Waals surface area contributed by atoms with Crippen LogP contribution in [0, 0.1) is 0 Å². The van der Waals surface area contributed by atoms with Crippen LogP contribution < -0.4 is 10.1 Å². The molecular weight excluding hydrogens is 394 g/mol. The molecule has 0 spiro atoms. The summed E-state index contributed by atoms with van der Waals surface area (Å²) in [5.74, 6) is 0.347. The molecule has 0 radical (unpaired) electrons. The Morgan fingerprint density at radius 2 is 1.93 bits per heavy atom. The summed E-state index contributed by atoms with van der Waals surface area (Å²) in [7, 11) is 1.65. The van der Waals surface area contributed by atoms with Gasteiger partial charge in [0.1, 0.15) is 16.3 Å². The second kappa shape index (κ2) is 9.28. The first-order chi connectivity index (χ1) is 14.0. The molecule has 3 rings (SSSR count). The molecule has 1 amide bonds. The van der Waals surface area contributed by atoms with Gasteiger partial charge in [0.2, 0.25) is 5.91 Å². The van der Waals surface area contributed by atoms with E-state index in [1.807, 2.05) is 36.6 Å². The third kappa shape index (κ3) is 4.77. The molecule has 1 aromatic carbocycles. The highest BCUT2D eigenvalue weighted by Gasteiger charge is 2.23. The number of ether oxygens (including phenoxy) is 2. The van der Waals surface area contributed by atoms with Crippen LogP contribution in [0.1, 0.15) is 30.0 Å². The van der Waals surface area contributed by atoms with E-state index < -0.39 is 5.97 Å². The van der Waals surface area contributed by atoms with Crippen molar-refractivity contribution < 1.29 is 19.1 Å². The highest BCUT2D eigenvalue weighted by Crippen LogP contribution is 2.37. The van der Waals surface area contributed by atoms with Crippen LogP contribution in [0.25, 0.3) is 11.1 Å². The number of carbonyl (C=O) groups excluding carboxylic acids is 2. The number of aromatic nitrogens is 4. The number of carbonyl (C=O) groups is 2. The Labute approximate surface area is 171 Å². The van der Waals surface area contributed by atoms with Gasteiger partial charge in [-0.15, -0.1) is 16.4 Å². The molecule has 0 aliphatic carbocycles. The number of esters is 1. The minimum atomic E-state index is -0.492. The molecule has 0 fully saturated rings. The maximum atomic E-state index is 12.6. The lowest BCUT2D eigenvalue weighted by molar-refractivity contribution is -0.115. The molecule has 0 aliphatic heterocycles. The summed E-state index contributed by atoms with van der Waals surface area (Å²) in [6.07, 6.45) is -0.0119. The molecule has 0 saturated heterocycles. The van der Waals surface area contributed by atoms with Crippen molar-refractivity contribution in [3.05, 3.63) is 41.0 Å². The second-order valence-corrected chi connectivity index (χ2v) is 6.85. The predicted molar refractivity (Wildman–Crippen MR) is 108 cm³/mol. The topological polar surface area (TPSA) is 108 Å². The van der Waals surface area contributed by atoms with Crippen molar-refractivity contribution in [3.63, 3.8) is 0 Å². The lowest BCUT2D eigenvalue weighted by Gasteiger charge is -2.09. The third-order valence-corrected chi connectivity index (χ3v) is 4.92. The SMILES string of the molecule is CCOC(=O)c1c(-c2ccc(OCC)cc2)csc1NC(=O)Cc1nnnn1C. The number of nitrogens with zero attached hydrogens (tertiary/aromatic N) is 4. The van der Waals surface area contributed by atoms with Crippen molar-refractivity contribution in [1.82, 2.24) is 20.2 Å². The van der Waals surface area contributed by atoms with Gasteiger partial charge in [0, 0.05) is 18.0 Å². The molecule has 3 aromatic rings. The van der Waals surface area contributed by atoms with Gasteiger partial charge < -0.3 is 14.8 Å². The number of nitrogens with one attached hydrogen (secondary N) is 1. The fourth-order valence-corrected chi connectivity index (χ4v) is 3.65. The molecule has 10 heteroatoms. The first kappa shape index (κ1) is 20.5. The quantitative estimate of drug-likeness (QED) is 0.564. The van der Waals surface area contributed by atoms with Crippen LogP contribution in [0.3, 0.4) is 0 Å². The van der Waals surface area contributed by atoms with Crippen LogP contribution in [0.15, 0.2) is 29.6 Å². The maximum absolute atomic E-state index is 12.6. The van der Waals surface area contributed by atoms with Gasteiger partial charge in [-0.3, -0.25) is 4.79 Å². The summed E-state index contributed by atoms with van der Waals surface area (Å²) >= 11 is 1.26. The number of benzene rings is 1. The molecule has 0 saturated carbocycles. The van der Waals surface area contributed by atoms with Gasteiger partial charge in [-0.1, -0.05) is 12.1 Å². The maximum Gasteiger partial charge on any atom is 0.341 e. The molecule has 0 aliphatic rings. The summed E-state index contributed by atoms with van der Waals surface area (Å²) in [6.45, 7) is 4.45. The van der Waals surface area contributed by atoms with Crippen molar-refractivity contribution >= 4 is 28.2 Å². The number of aryl methyl sites for hydroxylation is 1. The average Bonchev–Trinajstić information content (AvgIpc) is 3.29. The first-order valence-electron chi connectivity index (χ1n) is 9.06. The van der Waals surface area contributed by atoms with E-state index in [1.165, 1.54) is 16.0 Å². The van der Waals surface area contributed by atoms with Crippen LogP contribution in [0.4, 0.5) is 5.00 Å². The van der Waals surface area contributed by atoms with Gasteiger partial charge in [0.15, 0.2) is 5.82 Å². The number of hydrogen-bond donors (Lipinski definition) is 1. The van der Waals surface area contributed by atoms with Crippen molar-refractivity contribution in [2.24, 2.45) is 7.05 Å². The largest absolute Gasteiger partial charge is 0.494 e. The molecule has 2 heterocycles. The molecule has 2 aromatic heterocycles. The van der Waals surface area contributed by atoms with E-state index in [2.05, 4.69) is 20.8 Å². The number of anilines is 1. The first-order valence-corrected chi connectivity index (χ1v) is 9.94. The Morgan fingerprint density at radius 3 is 2.55 bits per heavy atom. The fraction of sp³-hybridized carbons (Fsp3) is 0.316. The van der Waals surface area contributed by atoms with Crippen molar-refractivity contribution in [3.8, 4) is 16.9 Å². The predicted octanol–water partition coefficient (Wildman–Crippen LogP) is 2.70. The minimum absolute atomic E-state index is 0.0119. The van der Waals surface area contributed by atoms with Crippen LogP contribution in [0.2, 0.25) is 0 Å². The highest BCUT2D eigenvalue weighted by molar-refractivity contribution is 7.15. The zero-order valence-electron chi connectivity index (χ0n) is 16.3. The standard InChI is InChI=1S/C19H21N5O4S/c1-4-27-13-8-6-12(7-9-13)14-11-29-18(17(14)19(26)28-5-2)20-16(25)10-15-21-22-23-24(15)3/h6-9,11H,4-5,10H2,1-3H3,(H,20,25). The van der Waals surface area contributed by atoms with Crippen molar-refractivity contribution in [1.29, 1.82) is 0 Å². The van der Waals surface area contributed by atoms with Gasteiger partial charge in [0.05, 0.1) is 19.6 Å². The molecule has 152 valence electrons. The summed E-state index contributed by atoms with van der Waals surface area (Å²) in [4.78, 5) is 25.1. The van der Waals surface area contributed by atoms with E-state index in [-0.39, 0.29) is 18.9 Å². The minimum Gasteiger partial charge on any atom is -0.494 e. The molecule has 29 heavy (non-hydrogen) atoms. The fourth-order valence-electron chi connectivity index (χ4n) is 2.68. The Kier molecular flexibility index (Phi) is 6.55. The van der Waals surface area contributed by atoms with E-state index >= 15 is 0 Å². The van der Waals surface area contributed by atoms with Crippen LogP contribution >= 0.6 is 11.3 Å². The molecule has 0 bridgehead atoms. The molecule has 1 N–H and O–H groups in total. The molecule has 0 atom stereocenters. The van der Waals surface area contributed by atoms with Gasteiger partial charge >= 0.3 is 5.97 Å². The normalized spacial score (nSPS) is 10.6. The Hall–Kier alpha value is -3.27. The monoisotopic (exact) mass is 415 g/mol. The number of tetrazole rings is 1. The van der Waals surface area contributed by atoms with Crippen LogP contribution in [-0.4, -0.2) is 45.3 Å². The molecule has 9 nitrogen and oxygen atoms in total. The lowest BCUT2D eigenvalue weighted by Crippen LogP contribution is -2.18. The van der Waals surface area contributed by atoms with E-state index in [9.17, 15) is 9.59 Å². The van der Waals surface area contributed by atoms with Crippen molar-refractivity contribution in [2.75, 3.05) is 18.5 Å². The zero-order chi connectivity index (χ0) is 20.8. The summed E-state index contributed by atoms with van der Waals surface area (Å²) < 4.78 is 12.1. The lowest BCUT2D eigenvalue weighted by atomic mass is 10.0. The summed E-state index contributed by atoms with van der Waals surface area (Å²) in [5.41, 5.74) is 1.84. The van der Waals surface area contributed by atoms with Crippen molar-refractivity contribution in [2.45, 2.75) is 20.3 Å². The van der Waals surface area contributed by atoms with Gasteiger partial charge in [-0.25, -0.2) is 9.48 Å². The molecule has 0 unspecified atom stereocenters. The van der Waals surface area contributed by atoms with Gasteiger partial charge in [0.25, 0.3) is 0 Å². The van der Waals surface area contributed by atoms with Gasteiger partial charge in [-0.2, -0.15) is 0 Å². The Balaban J connectivity index is 1.88. The van der Waals surface area contributed by atoms with E-state index in [4.69, 9.17) is 9.47 Å².